The average Bonchev–Trinajstić information content (AvgIpc) is 2.09. The van der Waals surface area contributed by atoms with E-state index in [9.17, 15) is 4.79 Å². The van der Waals surface area contributed by atoms with E-state index in [4.69, 9.17) is 4.74 Å². The predicted octanol–water partition coefficient (Wildman–Crippen LogP) is 2.62. The average molecular weight is 212 g/mol. The Morgan fingerprint density at radius 1 is 1.43 bits per heavy atom. The first-order chi connectivity index (χ1) is 6.48. The highest BCUT2D eigenvalue weighted by atomic mass is 28.2. The van der Waals surface area contributed by atoms with Crippen LogP contribution in [-0.2, 0) is 9.53 Å². The number of unbranched alkanes of at least 4 members (excludes halogenated alkanes) is 1. The molecular formula is C11H20O2Si. The fourth-order valence-corrected chi connectivity index (χ4v) is 1.19. The molecule has 0 aromatic rings. The van der Waals surface area contributed by atoms with Gasteiger partial charge in [-0.05, 0) is 33.6 Å². The lowest BCUT2D eigenvalue weighted by Gasteiger charge is -2.16. The molecule has 14 heavy (non-hydrogen) atoms. The standard InChI is InChI=1S/C11H20O2Si/c1-11(2,3)10(12)13-8-6-5-7-9-14-4/h7,9H,5-6,8H2,1-4H3/b9-7-. The molecule has 0 fully saturated rings. The lowest BCUT2D eigenvalue weighted by atomic mass is 9.97. The largest absolute Gasteiger partial charge is 0.465 e. The zero-order valence-corrected chi connectivity index (χ0v) is 10.6. The highest BCUT2D eigenvalue weighted by Gasteiger charge is 2.22. The van der Waals surface area contributed by atoms with Crippen LogP contribution in [0.15, 0.2) is 11.8 Å². The van der Waals surface area contributed by atoms with Crippen molar-refractivity contribution in [3.8, 4) is 0 Å². The van der Waals surface area contributed by atoms with Crippen LogP contribution in [-0.4, -0.2) is 22.1 Å². The molecule has 0 amide bonds. The van der Waals surface area contributed by atoms with E-state index in [1.54, 1.807) is 0 Å². The molecule has 0 rings (SSSR count). The summed E-state index contributed by atoms with van der Waals surface area (Å²) in [4.78, 5) is 11.3. The Balaban J connectivity index is 3.46. The zero-order chi connectivity index (χ0) is 11.0. The van der Waals surface area contributed by atoms with Gasteiger partial charge in [0, 0.05) is 0 Å². The normalized spacial score (nSPS) is 12.0. The third-order valence-corrected chi connectivity index (χ3v) is 2.21. The Bertz CT molecular complexity index is 192. The number of carbonyl (C=O) groups excluding carboxylic acids is 1. The highest BCUT2D eigenvalue weighted by Crippen LogP contribution is 2.15. The second kappa shape index (κ2) is 6.82. The maximum Gasteiger partial charge on any atom is 0.311 e. The van der Waals surface area contributed by atoms with Crippen molar-refractivity contribution in [3.63, 3.8) is 0 Å². The first-order valence-electron chi connectivity index (χ1n) is 4.98. The molecule has 0 aromatic carbocycles. The number of hydrogen-bond acceptors (Lipinski definition) is 2. The molecule has 3 heteroatoms. The van der Waals surface area contributed by atoms with Gasteiger partial charge in [0.25, 0.3) is 0 Å². The Labute approximate surface area is 89.5 Å². The van der Waals surface area contributed by atoms with Gasteiger partial charge in [0.1, 0.15) is 0 Å². The summed E-state index contributed by atoms with van der Waals surface area (Å²) in [6, 6.07) is 0. The molecule has 0 N–H and O–H groups in total. The molecule has 0 aliphatic carbocycles. The Kier molecular flexibility index (Phi) is 6.54. The van der Waals surface area contributed by atoms with Crippen LogP contribution in [0.4, 0.5) is 0 Å². The maximum absolute atomic E-state index is 11.3. The van der Waals surface area contributed by atoms with Crippen molar-refractivity contribution in [3.05, 3.63) is 11.8 Å². The van der Waals surface area contributed by atoms with Crippen LogP contribution in [0.5, 0.6) is 0 Å². The third kappa shape index (κ3) is 6.89. The molecular weight excluding hydrogens is 192 g/mol. The summed E-state index contributed by atoms with van der Waals surface area (Å²) in [6.45, 7) is 8.28. The minimum atomic E-state index is -0.374. The van der Waals surface area contributed by atoms with E-state index in [-0.39, 0.29) is 11.4 Å². The van der Waals surface area contributed by atoms with Crippen molar-refractivity contribution in [2.75, 3.05) is 6.61 Å². The smallest absolute Gasteiger partial charge is 0.311 e. The topological polar surface area (TPSA) is 26.3 Å². The summed E-state index contributed by atoms with van der Waals surface area (Å²) >= 11 is 0. The summed E-state index contributed by atoms with van der Waals surface area (Å²) < 4.78 is 5.12. The summed E-state index contributed by atoms with van der Waals surface area (Å²) in [6.07, 6.45) is 4.06. The van der Waals surface area contributed by atoms with Crippen molar-refractivity contribution < 1.29 is 9.53 Å². The SMILES string of the molecule is C[Si]/C=C\CCCOC(=O)C(C)(C)C. The number of hydrogen-bond donors (Lipinski definition) is 0. The van der Waals surface area contributed by atoms with Gasteiger partial charge in [-0.25, -0.2) is 0 Å². The molecule has 0 aromatic heterocycles. The quantitative estimate of drug-likeness (QED) is 0.398. The van der Waals surface area contributed by atoms with Crippen molar-refractivity contribution in [1.82, 2.24) is 0 Å². The Morgan fingerprint density at radius 3 is 2.57 bits per heavy atom. The second-order valence-corrected chi connectivity index (χ2v) is 5.13. The molecule has 0 saturated carbocycles. The van der Waals surface area contributed by atoms with Crippen molar-refractivity contribution >= 4 is 15.5 Å². The van der Waals surface area contributed by atoms with Crippen LogP contribution < -0.4 is 0 Å². The second-order valence-electron chi connectivity index (χ2n) is 4.22. The van der Waals surface area contributed by atoms with Crippen LogP contribution in [0.1, 0.15) is 33.6 Å². The van der Waals surface area contributed by atoms with Crippen molar-refractivity contribution in [1.29, 1.82) is 0 Å². The minimum absolute atomic E-state index is 0.112. The monoisotopic (exact) mass is 212 g/mol. The van der Waals surface area contributed by atoms with Gasteiger partial charge in [-0.2, -0.15) is 0 Å². The van der Waals surface area contributed by atoms with Gasteiger partial charge in [-0.1, -0.05) is 12.6 Å². The fraction of sp³-hybridized carbons (Fsp3) is 0.727. The van der Waals surface area contributed by atoms with E-state index in [1.807, 2.05) is 20.8 Å². The number of rotatable bonds is 5. The molecule has 0 atom stereocenters. The van der Waals surface area contributed by atoms with Crippen LogP contribution >= 0.6 is 0 Å². The van der Waals surface area contributed by atoms with E-state index in [0.717, 1.165) is 22.4 Å². The number of carbonyl (C=O) groups is 1. The molecule has 0 aliphatic rings. The van der Waals surface area contributed by atoms with Gasteiger partial charge in [0.2, 0.25) is 0 Å². The van der Waals surface area contributed by atoms with Gasteiger partial charge >= 0.3 is 5.97 Å². The van der Waals surface area contributed by atoms with Crippen molar-refractivity contribution in [2.45, 2.75) is 40.2 Å². The number of allylic oxidation sites excluding steroid dienone is 1. The zero-order valence-electron chi connectivity index (χ0n) is 9.59. The first-order valence-corrected chi connectivity index (χ1v) is 6.55. The number of ether oxygens (including phenoxy) is 1. The third-order valence-electron chi connectivity index (χ3n) is 1.65. The van der Waals surface area contributed by atoms with Crippen LogP contribution in [0.3, 0.4) is 0 Å². The van der Waals surface area contributed by atoms with Gasteiger partial charge in [-0.3, -0.25) is 4.79 Å². The molecule has 2 nitrogen and oxygen atoms in total. The van der Waals surface area contributed by atoms with Gasteiger partial charge in [-0.15, -0.1) is 5.70 Å². The summed E-state index contributed by atoms with van der Waals surface area (Å²) in [7, 11) is 0.868. The molecule has 0 aliphatic heterocycles. The molecule has 2 radical (unpaired) electrons. The first kappa shape index (κ1) is 13.4. The molecule has 0 saturated heterocycles. The minimum Gasteiger partial charge on any atom is -0.465 e. The van der Waals surface area contributed by atoms with E-state index in [1.165, 1.54) is 0 Å². The van der Waals surface area contributed by atoms with Gasteiger partial charge < -0.3 is 4.74 Å². The van der Waals surface area contributed by atoms with Crippen LogP contribution in [0, 0.1) is 5.41 Å². The van der Waals surface area contributed by atoms with Crippen LogP contribution in [0.25, 0.3) is 0 Å². The van der Waals surface area contributed by atoms with Crippen LogP contribution in [0.2, 0.25) is 6.55 Å². The summed E-state index contributed by atoms with van der Waals surface area (Å²) in [5, 5.41) is 0. The number of esters is 1. The fourth-order valence-electron chi connectivity index (χ4n) is 0.784. The Morgan fingerprint density at radius 2 is 2.07 bits per heavy atom. The lowest BCUT2D eigenvalue weighted by molar-refractivity contribution is -0.152. The predicted molar refractivity (Wildman–Crippen MR) is 60.4 cm³/mol. The molecule has 0 spiro atoms. The molecule has 80 valence electrons. The lowest BCUT2D eigenvalue weighted by Crippen LogP contribution is -2.23. The van der Waals surface area contributed by atoms with Gasteiger partial charge in [0.15, 0.2) is 0 Å². The van der Waals surface area contributed by atoms with E-state index in [0.29, 0.717) is 6.61 Å². The molecule has 0 bridgehead atoms. The Hall–Kier alpha value is -0.573. The van der Waals surface area contributed by atoms with E-state index < -0.39 is 0 Å². The highest BCUT2D eigenvalue weighted by molar-refractivity contribution is 6.40. The summed E-state index contributed by atoms with van der Waals surface area (Å²) in [5.74, 6) is -0.112. The molecule has 0 unspecified atom stereocenters. The maximum atomic E-state index is 11.3. The van der Waals surface area contributed by atoms with Crippen molar-refractivity contribution in [2.24, 2.45) is 5.41 Å². The molecule has 0 heterocycles. The summed E-state index contributed by atoms with van der Waals surface area (Å²) in [5.41, 5.74) is 1.78. The van der Waals surface area contributed by atoms with E-state index in [2.05, 4.69) is 18.3 Å². The van der Waals surface area contributed by atoms with E-state index >= 15 is 0 Å². The van der Waals surface area contributed by atoms with Gasteiger partial charge in [0.05, 0.1) is 21.5 Å².